The number of methoxy groups -OCH3 is 1. The number of quaternary nitrogens is 1. The number of H-pyrrole nitrogens is 1. The highest BCUT2D eigenvalue weighted by Gasteiger charge is 2.29. The minimum atomic E-state index is -0.436. The number of hydrogen-bond acceptors (Lipinski definition) is 5. The molecule has 7 heteroatoms. The SMILES string of the molecule is COC(=O)c1c(C)[nH]c(C(=O)[C@@H](C)[NH+](C)Cc2ccc3c(c2)OCO3)c1C. The normalized spacial score (nSPS) is 14.7. The van der Waals surface area contributed by atoms with Crippen LogP contribution in [0.15, 0.2) is 18.2 Å². The van der Waals surface area contributed by atoms with Crippen LogP contribution < -0.4 is 14.4 Å². The van der Waals surface area contributed by atoms with Gasteiger partial charge in [-0.25, -0.2) is 4.79 Å². The van der Waals surface area contributed by atoms with Crippen LogP contribution in [0.5, 0.6) is 11.5 Å². The highest BCUT2D eigenvalue weighted by Crippen LogP contribution is 2.32. The maximum Gasteiger partial charge on any atom is 0.339 e. The largest absolute Gasteiger partial charge is 0.465 e. The van der Waals surface area contributed by atoms with Crippen LogP contribution in [-0.4, -0.2) is 43.7 Å². The predicted molar refractivity (Wildman–Crippen MR) is 98.6 cm³/mol. The van der Waals surface area contributed by atoms with Crippen molar-refractivity contribution in [1.82, 2.24) is 4.98 Å². The molecule has 2 heterocycles. The number of aromatic amines is 1. The number of hydrogen-bond donors (Lipinski definition) is 2. The Hall–Kier alpha value is -2.80. The van der Waals surface area contributed by atoms with Crippen LogP contribution in [0.3, 0.4) is 0 Å². The Kier molecular flexibility index (Phi) is 5.23. The van der Waals surface area contributed by atoms with E-state index in [0.29, 0.717) is 29.1 Å². The number of fused-ring (bicyclic) bond motifs is 1. The summed E-state index contributed by atoms with van der Waals surface area (Å²) in [6.45, 7) is 6.32. The fraction of sp³-hybridized carbons (Fsp3) is 0.400. The van der Waals surface area contributed by atoms with Gasteiger partial charge < -0.3 is 24.1 Å². The lowest BCUT2D eigenvalue weighted by Gasteiger charge is -2.21. The quantitative estimate of drug-likeness (QED) is 0.591. The van der Waals surface area contributed by atoms with Crippen LogP contribution in [0, 0.1) is 13.8 Å². The fourth-order valence-electron chi connectivity index (χ4n) is 3.37. The Balaban J connectivity index is 1.76. The van der Waals surface area contributed by atoms with E-state index in [0.717, 1.165) is 22.0 Å². The van der Waals surface area contributed by atoms with E-state index in [1.165, 1.54) is 7.11 Å². The van der Waals surface area contributed by atoms with Crippen molar-refractivity contribution >= 4 is 11.8 Å². The monoisotopic (exact) mass is 373 g/mol. The number of ether oxygens (including phenoxy) is 3. The van der Waals surface area contributed by atoms with Gasteiger partial charge in [0, 0.05) is 11.3 Å². The summed E-state index contributed by atoms with van der Waals surface area (Å²) in [5.74, 6) is 1.00. The van der Waals surface area contributed by atoms with E-state index < -0.39 is 5.97 Å². The molecule has 0 bridgehead atoms. The van der Waals surface area contributed by atoms with Crippen LogP contribution in [0.25, 0.3) is 0 Å². The van der Waals surface area contributed by atoms with Gasteiger partial charge in [0.25, 0.3) is 0 Å². The third-order valence-corrected chi connectivity index (χ3v) is 5.13. The zero-order valence-electron chi connectivity index (χ0n) is 16.3. The Morgan fingerprint density at radius 1 is 1.26 bits per heavy atom. The lowest BCUT2D eigenvalue weighted by atomic mass is 10.0. The summed E-state index contributed by atoms with van der Waals surface area (Å²) in [4.78, 5) is 29.1. The number of rotatable bonds is 6. The second-order valence-electron chi connectivity index (χ2n) is 6.91. The van der Waals surface area contributed by atoms with E-state index in [-0.39, 0.29) is 18.6 Å². The molecule has 0 spiro atoms. The van der Waals surface area contributed by atoms with Crippen molar-refractivity contribution in [3.63, 3.8) is 0 Å². The number of nitrogens with one attached hydrogen (secondary N) is 2. The second kappa shape index (κ2) is 7.44. The molecule has 0 radical (unpaired) electrons. The summed E-state index contributed by atoms with van der Waals surface area (Å²) in [5, 5.41) is 0. The van der Waals surface area contributed by atoms with Gasteiger partial charge >= 0.3 is 5.97 Å². The zero-order valence-corrected chi connectivity index (χ0v) is 16.3. The number of aryl methyl sites for hydroxylation is 1. The van der Waals surface area contributed by atoms with Gasteiger partial charge in [0.2, 0.25) is 12.6 Å². The van der Waals surface area contributed by atoms with Crippen molar-refractivity contribution < 1.29 is 28.7 Å². The van der Waals surface area contributed by atoms with Gasteiger partial charge in [-0.15, -0.1) is 0 Å². The molecule has 7 nitrogen and oxygen atoms in total. The molecule has 1 aromatic heterocycles. The third kappa shape index (κ3) is 3.55. The lowest BCUT2D eigenvalue weighted by molar-refractivity contribution is -0.907. The molecule has 0 aliphatic carbocycles. The Morgan fingerprint density at radius 3 is 2.67 bits per heavy atom. The van der Waals surface area contributed by atoms with Crippen molar-refractivity contribution in [3.05, 3.63) is 46.3 Å². The smallest absolute Gasteiger partial charge is 0.339 e. The fourth-order valence-corrected chi connectivity index (χ4v) is 3.37. The van der Waals surface area contributed by atoms with Gasteiger partial charge in [0.1, 0.15) is 6.54 Å². The summed E-state index contributed by atoms with van der Waals surface area (Å²) in [6, 6.07) is 5.52. The predicted octanol–water partition coefficient (Wildman–Crippen LogP) is 1.43. The summed E-state index contributed by atoms with van der Waals surface area (Å²) in [6.07, 6.45) is 0. The first kappa shape index (κ1) is 19.0. The van der Waals surface area contributed by atoms with Gasteiger partial charge in [0.15, 0.2) is 17.5 Å². The molecule has 0 amide bonds. The average molecular weight is 373 g/mol. The number of carbonyl (C=O) groups is 2. The summed E-state index contributed by atoms with van der Waals surface area (Å²) < 4.78 is 15.6. The summed E-state index contributed by atoms with van der Waals surface area (Å²) >= 11 is 0. The van der Waals surface area contributed by atoms with Crippen molar-refractivity contribution in [2.24, 2.45) is 0 Å². The first-order chi connectivity index (χ1) is 12.8. The van der Waals surface area contributed by atoms with E-state index in [1.807, 2.05) is 32.2 Å². The molecule has 1 unspecified atom stereocenters. The number of likely N-dealkylation sites (N-methyl/N-ethyl adjacent to an activating group) is 1. The molecule has 0 saturated carbocycles. The van der Waals surface area contributed by atoms with Crippen molar-refractivity contribution in [2.75, 3.05) is 21.0 Å². The van der Waals surface area contributed by atoms with E-state index in [9.17, 15) is 9.59 Å². The topological polar surface area (TPSA) is 82.1 Å². The number of carbonyl (C=O) groups excluding carboxylic acids is 2. The molecule has 0 fully saturated rings. The number of benzene rings is 1. The Bertz CT molecular complexity index is 887. The van der Waals surface area contributed by atoms with Crippen molar-refractivity contribution in [3.8, 4) is 11.5 Å². The van der Waals surface area contributed by atoms with Crippen molar-refractivity contribution in [2.45, 2.75) is 33.4 Å². The molecule has 2 aromatic rings. The maximum absolute atomic E-state index is 13.0. The summed E-state index contributed by atoms with van der Waals surface area (Å²) in [5.41, 5.74) is 3.23. The second-order valence-corrected chi connectivity index (χ2v) is 6.91. The minimum absolute atomic E-state index is 0.0380. The Labute approximate surface area is 158 Å². The van der Waals surface area contributed by atoms with Crippen LogP contribution in [-0.2, 0) is 11.3 Å². The molecule has 0 saturated heterocycles. The first-order valence-corrected chi connectivity index (χ1v) is 8.86. The molecule has 2 N–H and O–H groups in total. The number of esters is 1. The van der Waals surface area contributed by atoms with Gasteiger partial charge in [-0.2, -0.15) is 0 Å². The van der Waals surface area contributed by atoms with Crippen LogP contribution >= 0.6 is 0 Å². The minimum Gasteiger partial charge on any atom is -0.465 e. The van der Waals surface area contributed by atoms with E-state index in [4.69, 9.17) is 14.2 Å². The van der Waals surface area contributed by atoms with Gasteiger partial charge in [-0.05, 0) is 44.5 Å². The van der Waals surface area contributed by atoms with Crippen LogP contribution in [0.1, 0.15) is 44.6 Å². The highest BCUT2D eigenvalue weighted by molar-refractivity contribution is 6.03. The first-order valence-electron chi connectivity index (χ1n) is 8.86. The molecule has 27 heavy (non-hydrogen) atoms. The third-order valence-electron chi connectivity index (χ3n) is 5.13. The molecule has 3 rings (SSSR count). The molecule has 144 valence electrons. The van der Waals surface area contributed by atoms with Gasteiger partial charge in [0.05, 0.1) is 25.4 Å². The van der Waals surface area contributed by atoms with Gasteiger partial charge in [-0.1, -0.05) is 0 Å². The average Bonchev–Trinajstić information content (AvgIpc) is 3.23. The van der Waals surface area contributed by atoms with E-state index >= 15 is 0 Å². The maximum atomic E-state index is 13.0. The van der Waals surface area contributed by atoms with Crippen molar-refractivity contribution in [1.29, 1.82) is 0 Å². The lowest BCUT2D eigenvalue weighted by Crippen LogP contribution is -3.12. The molecule has 1 aromatic carbocycles. The van der Waals surface area contributed by atoms with E-state index in [1.54, 1.807) is 13.8 Å². The summed E-state index contributed by atoms with van der Waals surface area (Å²) in [7, 11) is 3.31. The zero-order chi connectivity index (χ0) is 19.7. The molecule has 1 aliphatic heterocycles. The molecular weight excluding hydrogens is 348 g/mol. The number of Topliss-reactive ketones (excluding diaryl/α,β-unsaturated/α-hetero) is 1. The Morgan fingerprint density at radius 2 is 1.96 bits per heavy atom. The number of ketones is 1. The molecule has 1 aliphatic rings. The standard InChI is InChI=1S/C20H24N2O5/c1-11-17(20(24)25-5)12(2)21-18(11)19(23)13(3)22(4)9-14-6-7-15-16(8-14)27-10-26-15/h6-8,13,21H,9-10H2,1-5H3/p+1/t13-/m1/s1. The van der Waals surface area contributed by atoms with Crippen LogP contribution in [0.2, 0.25) is 0 Å². The van der Waals surface area contributed by atoms with Crippen LogP contribution in [0.4, 0.5) is 0 Å². The van der Waals surface area contributed by atoms with E-state index in [2.05, 4.69) is 4.98 Å². The molecule has 2 atom stereocenters. The number of aromatic nitrogens is 1. The molecular formula is C20H25N2O5+. The van der Waals surface area contributed by atoms with Gasteiger partial charge in [-0.3, -0.25) is 4.79 Å². The highest BCUT2D eigenvalue weighted by atomic mass is 16.7.